The minimum atomic E-state index is -0.861. The van der Waals surface area contributed by atoms with Gasteiger partial charge in [0.1, 0.15) is 11.6 Å². The largest absolute Gasteiger partial charge is 0.357 e. The van der Waals surface area contributed by atoms with Crippen LogP contribution in [0.5, 0.6) is 0 Å². The van der Waals surface area contributed by atoms with Crippen LogP contribution in [0.3, 0.4) is 0 Å². The van der Waals surface area contributed by atoms with E-state index in [1.165, 1.54) is 6.07 Å². The summed E-state index contributed by atoms with van der Waals surface area (Å²) in [6.07, 6.45) is 2.34. The third kappa shape index (κ3) is 5.42. The number of hydrogen-bond donors (Lipinski definition) is 3. The molecule has 0 saturated carbocycles. The van der Waals surface area contributed by atoms with Crippen LogP contribution in [0.15, 0.2) is 24.4 Å². The van der Waals surface area contributed by atoms with Crippen molar-refractivity contribution in [3.63, 3.8) is 0 Å². The van der Waals surface area contributed by atoms with Crippen LogP contribution in [0.1, 0.15) is 32.9 Å². The van der Waals surface area contributed by atoms with Gasteiger partial charge in [0.05, 0.1) is 5.69 Å². The highest BCUT2D eigenvalue weighted by molar-refractivity contribution is 5.91. The van der Waals surface area contributed by atoms with E-state index in [1.807, 2.05) is 0 Å². The van der Waals surface area contributed by atoms with Crippen LogP contribution in [0.2, 0.25) is 0 Å². The van der Waals surface area contributed by atoms with Gasteiger partial charge in [-0.1, -0.05) is 20.8 Å². The molecular formula is C22H26F2N6O. The van der Waals surface area contributed by atoms with Crippen molar-refractivity contribution in [1.82, 2.24) is 20.3 Å². The molecule has 2 amide bonds. The van der Waals surface area contributed by atoms with Crippen molar-refractivity contribution < 1.29 is 13.6 Å². The maximum atomic E-state index is 14.6. The van der Waals surface area contributed by atoms with Crippen LogP contribution in [-0.4, -0.2) is 34.6 Å². The van der Waals surface area contributed by atoms with Crippen LogP contribution in [0.25, 0.3) is 22.2 Å². The van der Waals surface area contributed by atoms with Crippen molar-refractivity contribution in [3.05, 3.63) is 41.7 Å². The van der Waals surface area contributed by atoms with Crippen LogP contribution in [0, 0.1) is 24.0 Å². The van der Waals surface area contributed by atoms with Crippen molar-refractivity contribution in [2.24, 2.45) is 5.41 Å². The second-order valence-electron chi connectivity index (χ2n) is 8.48. The zero-order valence-corrected chi connectivity index (χ0v) is 18.2. The lowest BCUT2D eigenvalue weighted by atomic mass is 9.92. The minimum absolute atomic E-state index is 0.0554. The monoisotopic (exact) mass is 428 g/mol. The standard InChI is InChI=1S/C22H26F2N6O/c1-12-14(8-13-11-27-20(25-5)30-19(13)28-12)15-9-18(17(24)10-16(15)23)29-21(31)26-7-6-22(2,3)4/h8-11H,6-7H2,1-5H3,(H2,26,29,31)(H,25,27,28,30). The fraction of sp³-hybridized carbons (Fsp3) is 0.364. The number of carbonyl (C=O) groups excluding carboxylic acids is 1. The summed E-state index contributed by atoms with van der Waals surface area (Å²) in [5, 5.41) is 8.60. The molecule has 3 N–H and O–H groups in total. The highest BCUT2D eigenvalue weighted by atomic mass is 19.1. The molecule has 3 rings (SSSR count). The number of urea groups is 1. The first-order chi connectivity index (χ1) is 14.6. The topological polar surface area (TPSA) is 91.8 Å². The van der Waals surface area contributed by atoms with E-state index >= 15 is 0 Å². The Kier molecular flexibility index (Phi) is 6.33. The predicted octanol–water partition coefficient (Wildman–Crippen LogP) is 4.88. The summed E-state index contributed by atoms with van der Waals surface area (Å²) in [5.74, 6) is -1.20. The summed E-state index contributed by atoms with van der Waals surface area (Å²) in [4.78, 5) is 25.0. The second-order valence-corrected chi connectivity index (χ2v) is 8.48. The van der Waals surface area contributed by atoms with Crippen LogP contribution in [-0.2, 0) is 0 Å². The molecule has 0 atom stereocenters. The van der Waals surface area contributed by atoms with E-state index < -0.39 is 17.7 Å². The van der Waals surface area contributed by atoms with E-state index in [-0.39, 0.29) is 16.7 Å². The van der Waals surface area contributed by atoms with Gasteiger partial charge in [0.15, 0.2) is 5.65 Å². The maximum Gasteiger partial charge on any atom is 0.319 e. The van der Waals surface area contributed by atoms with Gasteiger partial charge in [0.2, 0.25) is 5.95 Å². The van der Waals surface area contributed by atoms with Gasteiger partial charge in [0, 0.05) is 48.1 Å². The average molecular weight is 428 g/mol. The first kappa shape index (κ1) is 22.3. The molecule has 9 heteroatoms. The molecule has 0 radical (unpaired) electrons. The summed E-state index contributed by atoms with van der Waals surface area (Å²) in [5.41, 5.74) is 1.49. The average Bonchev–Trinajstić information content (AvgIpc) is 2.68. The molecule has 0 spiro atoms. The predicted molar refractivity (Wildman–Crippen MR) is 118 cm³/mol. The summed E-state index contributed by atoms with van der Waals surface area (Å²) < 4.78 is 29.0. The van der Waals surface area contributed by atoms with Gasteiger partial charge < -0.3 is 16.0 Å². The Bertz CT molecular complexity index is 1130. The third-order valence-electron chi connectivity index (χ3n) is 4.74. The van der Waals surface area contributed by atoms with Crippen molar-refractivity contribution >= 4 is 28.7 Å². The van der Waals surface area contributed by atoms with Crippen molar-refractivity contribution in [2.45, 2.75) is 34.1 Å². The van der Waals surface area contributed by atoms with Gasteiger partial charge in [0.25, 0.3) is 0 Å². The Labute approximate surface area is 179 Å². The molecule has 0 saturated heterocycles. The molecule has 0 unspecified atom stereocenters. The Morgan fingerprint density at radius 2 is 1.81 bits per heavy atom. The minimum Gasteiger partial charge on any atom is -0.357 e. The number of amides is 2. The van der Waals surface area contributed by atoms with E-state index in [9.17, 15) is 13.6 Å². The molecule has 0 aliphatic rings. The molecule has 2 heterocycles. The second kappa shape index (κ2) is 8.79. The normalized spacial score (nSPS) is 11.5. The SMILES string of the molecule is CNc1ncc2cc(-c3cc(NC(=O)NCCC(C)(C)C)c(F)cc3F)c(C)nc2n1. The van der Waals surface area contributed by atoms with E-state index in [0.717, 1.165) is 12.5 Å². The maximum absolute atomic E-state index is 14.6. The fourth-order valence-corrected chi connectivity index (χ4v) is 3.01. The molecule has 31 heavy (non-hydrogen) atoms. The number of pyridine rings is 1. The molecule has 0 fully saturated rings. The smallest absolute Gasteiger partial charge is 0.319 e. The number of fused-ring (bicyclic) bond motifs is 1. The number of carbonyl (C=O) groups is 1. The van der Waals surface area contributed by atoms with Gasteiger partial charge in [-0.05, 0) is 30.9 Å². The van der Waals surface area contributed by atoms with Crippen LogP contribution >= 0.6 is 0 Å². The lowest BCUT2D eigenvalue weighted by Crippen LogP contribution is -2.31. The number of halogens is 2. The number of hydrogen-bond acceptors (Lipinski definition) is 5. The zero-order chi connectivity index (χ0) is 22.8. The van der Waals surface area contributed by atoms with Crippen molar-refractivity contribution in [3.8, 4) is 11.1 Å². The highest BCUT2D eigenvalue weighted by Crippen LogP contribution is 2.31. The Morgan fingerprint density at radius 1 is 1.06 bits per heavy atom. The molecule has 3 aromatic rings. The Balaban J connectivity index is 1.90. The van der Waals surface area contributed by atoms with E-state index in [2.05, 4.69) is 51.7 Å². The summed E-state index contributed by atoms with van der Waals surface area (Å²) in [7, 11) is 1.70. The van der Waals surface area contributed by atoms with Crippen molar-refractivity contribution in [1.29, 1.82) is 0 Å². The molecular weight excluding hydrogens is 402 g/mol. The van der Waals surface area contributed by atoms with Crippen molar-refractivity contribution in [2.75, 3.05) is 24.2 Å². The quantitative estimate of drug-likeness (QED) is 0.539. The summed E-state index contributed by atoms with van der Waals surface area (Å²) >= 11 is 0. The first-order valence-electron chi connectivity index (χ1n) is 9.94. The number of benzene rings is 1. The molecule has 0 aliphatic carbocycles. The number of aromatic nitrogens is 3. The van der Waals surface area contributed by atoms with Gasteiger partial charge in [-0.2, -0.15) is 4.98 Å². The van der Waals surface area contributed by atoms with Crippen LogP contribution < -0.4 is 16.0 Å². The molecule has 7 nitrogen and oxygen atoms in total. The van der Waals surface area contributed by atoms with E-state index in [4.69, 9.17) is 0 Å². The first-order valence-corrected chi connectivity index (χ1v) is 9.94. The fourth-order valence-electron chi connectivity index (χ4n) is 3.01. The highest BCUT2D eigenvalue weighted by Gasteiger charge is 2.17. The number of nitrogens with zero attached hydrogens (tertiary/aromatic N) is 3. The Hall–Kier alpha value is -3.36. The summed E-state index contributed by atoms with van der Waals surface area (Å²) in [6.45, 7) is 8.33. The third-order valence-corrected chi connectivity index (χ3v) is 4.74. The van der Waals surface area contributed by atoms with Crippen LogP contribution in [0.4, 0.5) is 25.2 Å². The summed E-state index contributed by atoms with van der Waals surface area (Å²) in [6, 6.07) is 3.17. The molecule has 164 valence electrons. The molecule has 0 aliphatic heterocycles. The number of aryl methyl sites for hydroxylation is 1. The lowest BCUT2D eigenvalue weighted by Gasteiger charge is -2.18. The molecule has 1 aromatic carbocycles. The number of nitrogens with one attached hydrogen (secondary N) is 3. The number of anilines is 2. The van der Waals surface area contributed by atoms with Gasteiger partial charge in [-0.3, -0.25) is 0 Å². The Morgan fingerprint density at radius 3 is 2.48 bits per heavy atom. The molecule has 2 aromatic heterocycles. The van der Waals surface area contributed by atoms with Gasteiger partial charge in [-0.25, -0.2) is 23.5 Å². The molecule has 0 bridgehead atoms. The van der Waals surface area contributed by atoms with Gasteiger partial charge >= 0.3 is 6.03 Å². The van der Waals surface area contributed by atoms with E-state index in [1.54, 1.807) is 26.2 Å². The van der Waals surface area contributed by atoms with Gasteiger partial charge in [-0.15, -0.1) is 0 Å². The van der Waals surface area contributed by atoms with E-state index in [0.29, 0.717) is 34.8 Å². The lowest BCUT2D eigenvalue weighted by molar-refractivity contribution is 0.250. The number of rotatable bonds is 5. The zero-order valence-electron chi connectivity index (χ0n) is 18.2.